The van der Waals surface area contributed by atoms with E-state index in [4.69, 9.17) is 9.72 Å². The van der Waals surface area contributed by atoms with Gasteiger partial charge in [0.2, 0.25) is 0 Å². The summed E-state index contributed by atoms with van der Waals surface area (Å²) in [5.74, 6) is 0.00761. The van der Waals surface area contributed by atoms with E-state index >= 15 is 0 Å². The Morgan fingerprint density at radius 2 is 1.46 bits per heavy atom. The number of anilines is 1. The Morgan fingerprint density at radius 3 is 1.98 bits per heavy atom. The van der Waals surface area contributed by atoms with Crippen LogP contribution in [0.15, 0.2) is 48.5 Å². The van der Waals surface area contributed by atoms with Gasteiger partial charge in [0.05, 0.1) is 11.3 Å². The number of rotatable bonds is 9. The topological polar surface area (TPSA) is 54.5 Å². The van der Waals surface area contributed by atoms with Gasteiger partial charge in [-0.3, -0.25) is 9.78 Å². The standard InChI is InChI=1S/C36H49N3O2/c1-24-10-12-28(13-11-24)22-37-23-29-14-16-30(17-15-29)31-25(2)38-26(3)32(34(27(4)40)41-35(5,6)7)33(31)39-20-18-36(8,9)19-21-39/h10-17,34,37H,18-23H2,1-9H3/t34-/m1/s1. The van der Waals surface area contributed by atoms with Gasteiger partial charge < -0.3 is 15.0 Å². The number of aryl methyl sites for hydroxylation is 3. The number of piperidine rings is 1. The summed E-state index contributed by atoms with van der Waals surface area (Å²) in [6, 6.07) is 17.5. The number of nitrogens with zero attached hydrogens (tertiary/aromatic N) is 2. The van der Waals surface area contributed by atoms with Crippen molar-refractivity contribution in [3.8, 4) is 11.1 Å². The van der Waals surface area contributed by atoms with Crippen LogP contribution < -0.4 is 10.2 Å². The summed E-state index contributed by atoms with van der Waals surface area (Å²) in [6.07, 6.45) is 1.53. The van der Waals surface area contributed by atoms with Gasteiger partial charge >= 0.3 is 0 Å². The lowest BCUT2D eigenvalue weighted by atomic mass is 9.81. The van der Waals surface area contributed by atoms with E-state index in [9.17, 15) is 4.79 Å². The summed E-state index contributed by atoms with van der Waals surface area (Å²) in [4.78, 5) is 20.6. The van der Waals surface area contributed by atoms with E-state index in [1.165, 1.54) is 16.7 Å². The minimum absolute atomic E-state index is 0.00761. The van der Waals surface area contributed by atoms with E-state index < -0.39 is 11.7 Å². The third-order valence-electron chi connectivity index (χ3n) is 8.14. The molecule has 220 valence electrons. The smallest absolute Gasteiger partial charge is 0.163 e. The number of ketones is 1. The average molecular weight is 556 g/mol. The van der Waals surface area contributed by atoms with Gasteiger partial charge in [-0.2, -0.15) is 0 Å². The van der Waals surface area contributed by atoms with Crippen molar-refractivity contribution in [1.82, 2.24) is 10.3 Å². The number of carbonyl (C=O) groups is 1. The van der Waals surface area contributed by atoms with Gasteiger partial charge in [0.25, 0.3) is 0 Å². The fourth-order valence-corrected chi connectivity index (χ4v) is 5.71. The molecule has 5 heteroatoms. The van der Waals surface area contributed by atoms with Gasteiger partial charge in [0, 0.05) is 48.7 Å². The van der Waals surface area contributed by atoms with Crippen LogP contribution in [0.5, 0.6) is 0 Å². The van der Waals surface area contributed by atoms with Gasteiger partial charge in [-0.25, -0.2) is 0 Å². The summed E-state index contributed by atoms with van der Waals surface area (Å²) in [6.45, 7) is 22.1. The minimum Gasteiger partial charge on any atom is -0.371 e. The second-order valence-corrected chi connectivity index (χ2v) is 13.6. The Kier molecular flexibility index (Phi) is 9.40. The van der Waals surface area contributed by atoms with E-state index in [2.05, 4.69) is 86.4 Å². The number of hydrogen-bond acceptors (Lipinski definition) is 5. The molecule has 4 rings (SSSR count). The molecule has 2 heterocycles. The Hall–Kier alpha value is -3.02. The van der Waals surface area contributed by atoms with Gasteiger partial charge in [-0.15, -0.1) is 0 Å². The van der Waals surface area contributed by atoms with Crippen molar-refractivity contribution in [1.29, 1.82) is 0 Å². The molecular formula is C36H49N3O2. The first-order valence-electron chi connectivity index (χ1n) is 15.0. The van der Waals surface area contributed by atoms with E-state index in [1.54, 1.807) is 6.92 Å². The monoisotopic (exact) mass is 555 g/mol. The molecule has 41 heavy (non-hydrogen) atoms. The Balaban J connectivity index is 1.71. The maximum atomic E-state index is 13.1. The second-order valence-electron chi connectivity index (χ2n) is 13.6. The molecule has 5 nitrogen and oxygen atoms in total. The van der Waals surface area contributed by atoms with Crippen LogP contribution in [0.4, 0.5) is 5.69 Å². The summed E-state index contributed by atoms with van der Waals surface area (Å²) in [5, 5.41) is 3.57. The number of nitrogens with one attached hydrogen (secondary N) is 1. The highest BCUT2D eigenvalue weighted by atomic mass is 16.5. The highest BCUT2D eigenvalue weighted by Gasteiger charge is 2.35. The summed E-state index contributed by atoms with van der Waals surface area (Å²) < 4.78 is 6.45. The van der Waals surface area contributed by atoms with E-state index in [-0.39, 0.29) is 5.78 Å². The predicted octanol–water partition coefficient (Wildman–Crippen LogP) is 8.04. The van der Waals surface area contributed by atoms with Crippen LogP contribution in [0.1, 0.15) is 94.1 Å². The summed E-state index contributed by atoms with van der Waals surface area (Å²) in [5.41, 5.74) is 9.74. The Morgan fingerprint density at radius 1 is 0.927 bits per heavy atom. The largest absolute Gasteiger partial charge is 0.371 e. The van der Waals surface area contributed by atoms with Gasteiger partial charge in [0.1, 0.15) is 6.10 Å². The molecule has 1 aliphatic rings. The van der Waals surface area contributed by atoms with Crippen molar-refractivity contribution in [3.63, 3.8) is 0 Å². The van der Waals surface area contributed by atoms with Crippen LogP contribution in [-0.4, -0.2) is 29.5 Å². The molecule has 1 fully saturated rings. The maximum Gasteiger partial charge on any atom is 0.163 e. The Bertz CT molecular complexity index is 1340. The van der Waals surface area contributed by atoms with Crippen molar-refractivity contribution < 1.29 is 9.53 Å². The molecule has 0 spiro atoms. The Labute approximate surface area is 247 Å². The van der Waals surface area contributed by atoms with Gasteiger partial charge in [-0.1, -0.05) is 67.9 Å². The molecule has 2 aromatic carbocycles. The molecule has 1 saturated heterocycles. The zero-order chi connectivity index (χ0) is 29.9. The molecule has 3 aromatic rings. The quantitative estimate of drug-likeness (QED) is 0.290. The molecule has 1 aliphatic heterocycles. The molecule has 0 amide bonds. The summed E-state index contributed by atoms with van der Waals surface area (Å²) in [7, 11) is 0. The number of ether oxygens (including phenoxy) is 1. The third kappa shape index (κ3) is 7.84. The molecule has 0 saturated carbocycles. The lowest BCUT2D eigenvalue weighted by Crippen LogP contribution is -2.39. The zero-order valence-electron chi connectivity index (χ0n) is 26.6. The minimum atomic E-state index is -0.669. The number of carbonyl (C=O) groups excluding carboxylic acids is 1. The third-order valence-corrected chi connectivity index (χ3v) is 8.14. The highest BCUT2D eigenvalue weighted by Crippen LogP contribution is 2.45. The number of benzene rings is 2. The van der Waals surface area contributed by atoms with Crippen LogP contribution in [0.2, 0.25) is 0 Å². The highest BCUT2D eigenvalue weighted by molar-refractivity contribution is 5.90. The number of aromatic nitrogens is 1. The van der Waals surface area contributed by atoms with Crippen molar-refractivity contribution in [2.45, 2.75) is 99.9 Å². The zero-order valence-corrected chi connectivity index (χ0v) is 26.6. The first-order valence-corrected chi connectivity index (χ1v) is 15.0. The lowest BCUT2D eigenvalue weighted by molar-refractivity contribution is -0.138. The molecule has 0 aliphatic carbocycles. The molecule has 1 aromatic heterocycles. The molecule has 1 atom stereocenters. The van der Waals surface area contributed by atoms with Crippen molar-refractivity contribution in [2.24, 2.45) is 5.41 Å². The van der Waals surface area contributed by atoms with Crippen LogP contribution >= 0.6 is 0 Å². The van der Waals surface area contributed by atoms with Crippen LogP contribution in [0.25, 0.3) is 11.1 Å². The van der Waals surface area contributed by atoms with E-state index in [0.29, 0.717) is 5.41 Å². The van der Waals surface area contributed by atoms with Crippen molar-refractivity contribution in [2.75, 3.05) is 18.0 Å². The van der Waals surface area contributed by atoms with Crippen molar-refractivity contribution in [3.05, 3.63) is 82.2 Å². The molecule has 0 bridgehead atoms. The number of pyridine rings is 1. The second kappa shape index (κ2) is 12.5. The fraction of sp³-hybridized carbons (Fsp3) is 0.500. The van der Waals surface area contributed by atoms with Gasteiger partial charge in [-0.05, 0) is 83.4 Å². The maximum absolute atomic E-state index is 13.1. The number of hydrogen-bond donors (Lipinski definition) is 1. The summed E-state index contributed by atoms with van der Waals surface area (Å²) >= 11 is 0. The van der Waals surface area contributed by atoms with Crippen LogP contribution in [0.3, 0.4) is 0 Å². The average Bonchev–Trinajstić information content (AvgIpc) is 2.88. The first kappa shape index (κ1) is 30.9. The normalized spacial score (nSPS) is 16.1. The van der Waals surface area contributed by atoms with Crippen molar-refractivity contribution >= 4 is 11.5 Å². The predicted molar refractivity (Wildman–Crippen MR) is 170 cm³/mol. The fourth-order valence-electron chi connectivity index (χ4n) is 5.71. The lowest BCUT2D eigenvalue weighted by Gasteiger charge is -2.41. The van der Waals surface area contributed by atoms with E-state index in [0.717, 1.165) is 72.8 Å². The molecular weight excluding hydrogens is 506 g/mol. The first-order chi connectivity index (χ1) is 19.2. The SMILES string of the molecule is CC(=O)[C@@H](OC(C)(C)C)c1c(C)nc(C)c(-c2ccc(CNCc3ccc(C)cc3)cc2)c1N1CCC(C)(C)CC1. The van der Waals surface area contributed by atoms with Gasteiger partial charge in [0.15, 0.2) is 5.78 Å². The molecule has 1 N–H and O–H groups in total. The van der Waals surface area contributed by atoms with Crippen LogP contribution in [0, 0.1) is 26.2 Å². The molecule has 0 unspecified atom stereocenters. The van der Waals surface area contributed by atoms with E-state index in [1.807, 2.05) is 27.7 Å². The number of Topliss-reactive ketones (excluding diaryl/α,β-unsaturated/α-hetero) is 1. The molecule has 0 radical (unpaired) electrons. The van der Waals surface area contributed by atoms with Crippen LogP contribution in [-0.2, 0) is 22.6 Å².